The number of fused-ring (bicyclic) bond motifs is 2. The van der Waals surface area contributed by atoms with Gasteiger partial charge in [-0.1, -0.05) is 23.2 Å². The van der Waals surface area contributed by atoms with Gasteiger partial charge in [0.15, 0.2) is 0 Å². The quantitative estimate of drug-likeness (QED) is 0.472. The maximum atomic E-state index is 15.0. The molecule has 1 unspecified atom stereocenters. The van der Waals surface area contributed by atoms with Crippen molar-refractivity contribution in [2.45, 2.75) is 37.8 Å². The first-order valence-corrected chi connectivity index (χ1v) is 14.2. The minimum absolute atomic E-state index is 0.0815. The summed E-state index contributed by atoms with van der Waals surface area (Å²) in [6.07, 6.45) is 2.49. The van der Waals surface area contributed by atoms with Crippen molar-refractivity contribution in [3.63, 3.8) is 0 Å². The van der Waals surface area contributed by atoms with E-state index in [1.807, 2.05) is 24.9 Å². The van der Waals surface area contributed by atoms with Gasteiger partial charge in [-0.05, 0) is 80.1 Å². The summed E-state index contributed by atoms with van der Waals surface area (Å²) >= 11 is 12.6. The maximum absolute atomic E-state index is 15.0. The summed E-state index contributed by atoms with van der Waals surface area (Å²) in [7, 11) is 2.05. The molecule has 3 aromatic rings. The molecule has 6 rings (SSSR count). The molecule has 2 N–H and O–H groups in total. The molecule has 3 heterocycles. The predicted octanol–water partition coefficient (Wildman–Crippen LogP) is 4.45. The first-order chi connectivity index (χ1) is 19.1. The largest absolute Gasteiger partial charge is 0.374 e. The highest BCUT2D eigenvalue weighted by molar-refractivity contribution is 6.35. The minimum atomic E-state index is -0.657. The number of carbonyl (C=O) groups excluding carboxylic acids is 2. The van der Waals surface area contributed by atoms with Crippen LogP contribution >= 0.6 is 23.2 Å². The molecule has 210 valence electrons. The first-order valence-electron chi connectivity index (χ1n) is 13.4. The van der Waals surface area contributed by atoms with Crippen LogP contribution in [-0.2, 0) is 11.2 Å². The number of nitrogens with one attached hydrogen (secondary N) is 2. The zero-order valence-corrected chi connectivity index (χ0v) is 23.8. The van der Waals surface area contributed by atoms with Crippen molar-refractivity contribution in [2.75, 3.05) is 45.1 Å². The zero-order valence-electron chi connectivity index (χ0n) is 22.3. The number of benzene rings is 2. The van der Waals surface area contributed by atoms with Gasteiger partial charge < -0.3 is 25.0 Å². The number of aromatic amines is 1. The predicted molar refractivity (Wildman–Crippen MR) is 154 cm³/mol. The fourth-order valence-corrected chi connectivity index (χ4v) is 6.96. The van der Waals surface area contributed by atoms with Gasteiger partial charge in [0.1, 0.15) is 11.5 Å². The summed E-state index contributed by atoms with van der Waals surface area (Å²) in [5, 5.41) is 4.53. The second-order valence-corrected chi connectivity index (χ2v) is 12.0. The third-order valence-electron chi connectivity index (χ3n) is 8.51. The Hall–Kier alpha value is -3.14. The van der Waals surface area contributed by atoms with Crippen molar-refractivity contribution < 1.29 is 14.0 Å². The van der Waals surface area contributed by atoms with E-state index in [1.54, 1.807) is 17.0 Å². The molecule has 2 amide bonds. The second kappa shape index (κ2) is 10.0. The molecule has 1 saturated heterocycles. The fourth-order valence-electron chi connectivity index (χ4n) is 6.26. The van der Waals surface area contributed by atoms with Gasteiger partial charge in [0.25, 0.3) is 11.5 Å². The molecular formula is C29H30Cl2FN5O3. The second-order valence-electron chi connectivity index (χ2n) is 11.2. The molecule has 2 fully saturated rings. The normalized spacial score (nSPS) is 20.1. The number of halogens is 3. The van der Waals surface area contributed by atoms with Crippen LogP contribution in [0.1, 0.15) is 47.4 Å². The molecular weight excluding hydrogens is 556 g/mol. The average molecular weight is 586 g/mol. The molecule has 3 aliphatic rings. The fraction of sp³-hybridized carbons (Fsp3) is 0.414. The van der Waals surface area contributed by atoms with E-state index in [1.165, 1.54) is 6.07 Å². The molecule has 1 saturated carbocycles. The van der Waals surface area contributed by atoms with E-state index in [0.717, 1.165) is 43.1 Å². The average Bonchev–Trinajstić information content (AvgIpc) is 3.66. The van der Waals surface area contributed by atoms with Crippen molar-refractivity contribution in [3.05, 3.63) is 73.4 Å². The van der Waals surface area contributed by atoms with Crippen LogP contribution < -0.4 is 10.9 Å². The lowest BCUT2D eigenvalue weighted by Gasteiger charge is -2.40. The number of likely N-dealkylation sites (N-methyl/N-ethyl adjacent to an activating group) is 1. The SMILES string of the molecule is CC1c2c(Cl)cc(Cl)cc2CCN1C(=O)CNc1cc2cc(C(=O)N3CCN(C)CC34CC4)[nH]c(=O)c2cc1F. The van der Waals surface area contributed by atoms with Crippen LogP contribution in [0.4, 0.5) is 10.1 Å². The van der Waals surface area contributed by atoms with Crippen LogP contribution in [0, 0.1) is 5.82 Å². The van der Waals surface area contributed by atoms with Crippen molar-refractivity contribution in [2.24, 2.45) is 0 Å². The van der Waals surface area contributed by atoms with E-state index < -0.39 is 11.4 Å². The first kappa shape index (κ1) is 27.1. The molecule has 0 bridgehead atoms. The van der Waals surface area contributed by atoms with Gasteiger partial charge >= 0.3 is 0 Å². The number of anilines is 1. The van der Waals surface area contributed by atoms with Crippen LogP contribution in [0.25, 0.3) is 10.8 Å². The number of piperazine rings is 1. The van der Waals surface area contributed by atoms with E-state index in [9.17, 15) is 14.4 Å². The summed E-state index contributed by atoms with van der Waals surface area (Å²) in [6.45, 7) is 4.41. The highest BCUT2D eigenvalue weighted by Crippen LogP contribution is 2.44. The third-order valence-corrected chi connectivity index (χ3v) is 9.05. The number of pyridine rings is 1. The number of hydrogen-bond donors (Lipinski definition) is 2. The minimum Gasteiger partial charge on any atom is -0.374 e. The number of rotatable bonds is 4. The number of nitrogens with zero attached hydrogens (tertiary/aromatic N) is 3. The number of carbonyl (C=O) groups is 2. The molecule has 8 nitrogen and oxygen atoms in total. The summed E-state index contributed by atoms with van der Waals surface area (Å²) in [4.78, 5) is 47.9. The highest BCUT2D eigenvalue weighted by atomic mass is 35.5. The molecule has 2 aliphatic heterocycles. The maximum Gasteiger partial charge on any atom is 0.270 e. The van der Waals surface area contributed by atoms with Crippen LogP contribution in [0.5, 0.6) is 0 Å². The van der Waals surface area contributed by atoms with Crippen molar-refractivity contribution in [1.82, 2.24) is 19.7 Å². The Bertz CT molecular complexity index is 1600. The Balaban J connectivity index is 1.21. The van der Waals surface area contributed by atoms with Crippen molar-refractivity contribution in [1.29, 1.82) is 0 Å². The third kappa shape index (κ3) is 4.74. The van der Waals surface area contributed by atoms with Gasteiger partial charge in [-0.25, -0.2) is 4.39 Å². The Labute approximate surface area is 241 Å². The van der Waals surface area contributed by atoms with E-state index >= 15 is 4.39 Å². The lowest BCUT2D eigenvalue weighted by molar-refractivity contribution is -0.131. The summed E-state index contributed by atoms with van der Waals surface area (Å²) in [6, 6.07) is 7.49. The molecule has 11 heteroatoms. The molecule has 2 aromatic carbocycles. The van der Waals surface area contributed by atoms with Crippen LogP contribution in [0.2, 0.25) is 10.0 Å². The Morgan fingerprint density at radius 3 is 2.65 bits per heavy atom. The van der Waals surface area contributed by atoms with Gasteiger partial charge in [0, 0.05) is 36.2 Å². The van der Waals surface area contributed by atoms with Crippen molar-refractivity contribution >= 4 is 51.5 Å². The van der Waals surface area contributed by atoms with Gasteiger partial charge in [-0.2, -0.15) is 0 Å². The van der Waals surface area contributed by atoms with Crippen molar-refractivity contribution in [3.8, 4) is 0 Å². The molecule has 1 atom stereocenters. The number of hydrogen-bond acceptors (Lipinski definition) is 5. The van der Waals surface area contributed by atoms with Gasteiger partial charge in [0.2, 0.25) is 5.91 Å². The number of amides is 2. The molecule has 0 radical (unpaired) electrons. The molecule has 1 spiro atoms. The van der Waals surface area contributed by atoms with Gasteiger partial charge in [-0.15, -0.1) is 0 Å². The highest BCUT2D eigenvalue weighted by Gasteiger charge is 2.52. The zero-order chi connectivity index (χ0) is 28.3. The smallest absolute Gasteiger partial charge is 0.270 e. The van der Waals surface area contributed by atoms with Gasteiger partial charge in [-0.3, -0.25) is 14.4 Å². The number of H-pyrrole nitrogens is 1. The summed E-state index contributed by atoms with van der Waals surface area (Å²) in [5.41, 5.74) is 1.44. The molecule has 40 heavy (non-hydrogen) atoms. The lowest BCUT2D eigenvalue weighted by atomic mass is 9.93. The standard InChI is InChI=1S/C29H30Cl2FN5O3/c1-16-26-17(9-19(30)12-21(26)31)3-6-36(16)25(38)14-33-23-10-18-11-24(34-27(39)20(18)13-22(23)32)28(40)37-8-7-35(2)15-29(37)4-5-29/h9-13,16,33H,3-8,14-15H2,1-2H3,(H,34,39). The van der Waals surface area contributed by atoms with E-state index in [2.05, 4.69) is 15.2 Å². The molecule has 1 aromatic heterocycles. The summed E-state index contributed by atoms with van der Waals surface area (Å²) in [5.74, 6) is -1.09. The Morgan fingerprint density at radius 2 is 1.90 bits per heavy atom. The Morgan fingerprint density at radius 1 is 1.12 bits per heavy atom. The van der Waals surface area contributed by atoms with Crippen LogP contribution in [0.15, 0.2) is 35.1 Å². The van der Waals surface area contributed by atoms with E-state index in [0.29, 0.717) is 34.9 Å². The Kier molecular flexibility index (Phi) is 6.79. The van der Waals surface area contributed by atoms with E-state index in [4.69, 9.17) is 23.2 Å². The van der Waals surface area contributed by atoms with E-state index in [-0.39, 0.29) is 46.7 Å². The van der Waals surface area contributed by atoms with Gasteiger partial charge in [0.05, 0.1) is 29.2 Å². The summed E-state index contributed by atoms with van der Waals surface area (Å²) < 4.78 is 15.0. The number of aromatic nitrogens is 1. The lowest BCUT2D eigenvalue weighted by Crippen LogP contribution is -2.56. The molecule has 1 aliphatic carbocycles. The van der Waals surface area contributed by atoms with Crippen LogP contribution in [-0.4, -0.2) is 76.8 Å². The topological polar surface area (TPSA) is 88.8 Å². The monoisotopic (exact) mass is 585 g/mol. The van der Waals surface area contributed by atoms with Crippen LogP contribution in [0.3, 0.4) is 0 Å².